The SMILES string of the molecule is Nc1cn[nH]c1C(=O)Nc1ccc(-n2cncn2)c(F)c1. The number of carbonyl (C=O) groups is 1. The second-order valence-electron chi connectivity index (χ2n) is 4.16. The van der Waals surface area contributed by atoms with Crippen molar-refractivity contribution in [2.75, 3.05) is 11.1 Å². The minimum atomic E-state index is -0.545. The number of rotatable bonds is 3. The molecule has 21 heavy (non-hydrogen) atoms. The Kier molecular flexibility index (Phi) is 3.07. The highest BCUT2D eigenvalue weighted by Gasteiger charge is 2.13. The maximum Gasteiger partial charge on any atom is 0.275 e. The Bertz CT molecular complexity index is 781. The summed E-state index contributed by atoms with van der Waals surface area (Å²) in [7, 11) is 0. The van der Waals surface area contributed by atoms with E-state index in [2.05, 4.69) is 25.6 Å². The zero-order chi connectivity index (χ0) is 14.8. The van der Waals surface area contributed by atoms with Gasteiger partial charge in [-0.1, -0.05) is 0 Å². The maximum atomic E-state index is 14.0. The average Bonchev–Trinajstić information content (AvgIpc) is 3.10. The summed E-state index contributed by atoms with van der Waals surface area (Å²) in [5, 5.41) is 12.5. The van der Waals surface area contributed by atoms with Crippen molar-refractivity contribution in [2.45, 2.75) is 0 Å². The second kappa shape index (κ2) is 5.04. The van der Waals surface area contributed by atoms with Gasteiger partial charge >= 0.3 is 0 Å². The number of nitrogen functional groups attached to an aromatic ring is 1. The van der Waals surface area contributed by atoms with Crippen molar-refractivity contribution < 1.29 is 9.18 Å². The molecule has 0 aliphatic rings. The van der Waals surface area contributed by atoms with E-state index in [1.54, 1.807) is 6.07 Å². The van der Waals surface area contributed by atoms with Crippen LogP contribution < -0.4 is 11.1 Å². The lowest BCUT2D eigenvalue weighted by Gasteiger charge is -2.07. The summed E-state index contributed by atoms with van der Waals surface area (Å²) in [6.45, 7) is 0. The smallest absolute Gasteiger partial charge is 0.275 e. The zero-order valence-electron chi connectivity index (χ0n) is 10.6. The fraction of sp³-hybridized carbons (Fsp3) is 0. The van der Waals surface area contributed by atoms with Gasteiger partial charge in [-0.3, -0.25) is 9.89 Å². The molecule has 0 saturated heterocycles. The molecule has 2 heterocycles. The van der Waals surface area contributed by atoms with Crippen LogP contribution in [-0.4, -0.2) is 30.9 Å². The van der Waals surface area contributed by atoms with Gasteiger partial charge in [0.2, 0.25) is 0 Å². The highest BCUT2D eigenvalue weighted by molar-refractivity contribution is 6.06. The van der Waals surface area contributed by atoms with Gasteiger partial charge in [0.05, 0.1) is 11.9 Å². The van der Waals surface area contributed by atoms with E-state index in [9.17, 15) is 9.18 Å². The summed E-state index contributed by atoms with van der Waals surface area (Å²) in [5.41, 5.74) is 6.42. The minimum absolute atomic E-state index is 0.121. The number of amides is 1. The molecular formula is C12H10FN7O. The Hall–Kier alpha value is -3.23. The Morgan fingerprint density at radius 2 is 2.29 bits per heavy atom. The topological polar surface area (TPSA) is 115 Å². The molecule has 3 aromatic rings. The lowest BCUT2D eigenvalue weighted by molar-refractivity contribution is 0.102. The number of H-pyrrole nitrogens is 1. The number of aromatic nitrogens is 5. The molecule has 9 heteroatoms. The minimum Gasteiger partial charge on any atom is -0.396 e. The summed E-state index contributed by atoms with van der Waals surface area (Å²) < 4.78 is 15.3. The second-order valence-corrected chi connectivity index (χ2v) is 4.16. The molecule has 0 saturated carbocycles. The quantitative estimate of drug-likeness (QED) is 0.664. The van der Waals surface area contributed by atoms with Crippen molar-refractivity contribution in [2.24, 2.45) is 0 Å². The van der Waals surface area contributed by atoms with Crippen molar-refractivity contribution >= 4 is 17.3 Å². The highest BCUT2D eigenvalue weighted by Crippen LogP contribution is 2.18. The Balaban J connectivity index is 1.83. The number of hydrogen-bond acceptors (Lipinski definition) is 5. The first kappa shape index (κ1) is 12.8. The Labute approximate surface area is 117 Å². The van der Waals surface area contributed by atoms with Crippen LogP contribution in [0.25, 0.3) is 5.69 Å². The van der Waals surface area contributed by atoms with Crippen LogP contribution >= 0.6 is 0 Å². The molecule has 106 valence electrons. The number of carbonyl (C=O) groups excluding carboxylic acids is 1. The first-order valence-electron chi connectivity index (χ1n) is 5.90. The number of anilines is 2. The molecule has 0 aliphatic heterocycles. The van der Waals surface area contributed by atoms with Crippen LogP contribution in [0.2, 0.25) is 0 Å². The monoisotopic (exact) mass is 287 g/mol. The fourth-order valence-corrected chi connectivity index (χ4v) is 1.77. The highest BCUT2D eigenvalue weighted by atomic mass is 19.1. The van der Waals surface area contributed by atoms with Gasteiger partial charge in [-0.25, -0.2) is 14.1 Å². The third-order valence-electron chi connectivity index (χ3n) is 2.77. The predicted molar refractivity (Wildman–Crippen MR) is 72.3 cm³/mol. The zero-order valence-corrected chi connectivity index (χ0v) is 10.6. The van der Waals surface area contributed by atoms with Crippen molar-refractivity contribution in [3.8, 4) is 5.69 Å². The van der Waals surface area contributed by atoms with Crippen LogP contribution in [0, 0.1) is 5.82 Å². The molecule has 8 nitrogen and oxygen atoms in total. The van der Waals surface area contributed by atoms with E-state index in [-0.39, 0.29) is 22.8 Å². The van der Waals surface area contributed by atoms with Gasteiger partial charge in [0, 0.05) is 5.69 Å². The molecule has 0 bridgehead atoms. The summed E-state index contributed by atoms with van der Waals surface area (Å²) in [6, 6.07) is 4.21. The van der Waals surface area contributed by atoms with Crippen LogP contribution in [-0.2, 0) is 0 Å². The largest absolute Gasteiger partial charge is 0.396 e. The lowest BCUT2D eigenvalue weighted by Crippen LogP contribution is -2.14. The van der Waals surface area contributed by atoms with E-state index in [1.807, 2.05) is 0 Å². The molecule has 0 aliphatic carbocycles. The molecule has 0 atom stereocenters. The summed E-state index contributed by atoms with van der Waals surface area (Å²) >= 11 is 0. The molecule has 0 fully saturated rings. The third kappa shape index (κ3) is 2.43. The number of nitrogens with one attached hydrogen (secondary N) is 2. The summed E-state index contributed by atoms with van der Waals surface area (Å²) in [5.74, 6) is -1.05. The molecular weight excluding hydrogens is 277 g/mol. The van der Waals surface area contributed by atoms with Crippen molar-refractivity contribution in [3.63, 3.8) is 0 Å². The van der Waals surface area contributed by atoms with Crippen molar-refractivity contribution in [1.82, 2.24) is 25.0 Å². The number of benzene rings is 1. The number of nitrogens with zero attached hydrogens (tertiary/aromatic N) is 4. The average molecular weight is 287 g/mol. The van der Waals surface area contributed by atoms with Crippen LogP contribution in [0.4, 0.5) is 15.8 Å². The molecule has 1 aromatic carbocycles. The van der Waals surface area contributed by atoms with Gasteiger partial charge in [-0.2, -0.15) is 10.2 Å². The number of hydrogen-bond donors (Lipinski definition) is 3. The summed E-state index contributed by atoms with van der Waals surface area (Å²) in [6.07, 6.45) is 4.00. The Morgan fingerprint density at radius 1 is 1.43 bits per heavy atom. The standard InChI is InChI=1S/C12H10FN7O/c13-8-3-7(1-2-10(8)20-6-15-5-17-20)18-12(21)11-9(14)4-16-19-11/h1-6H,14H2,(H,16,19)(H,18,21). The molecule has 0 spiro atoms. The lowest BCUT2D eigenvalue weighted by atomic mass is 10.2. The number of aromatic amines is 1. The predicted octanol–water partition coefficient (Wildman–Crippen LogP) is 0.964. The van der Waals surface area contributed by atoms with E-state index in [1.165, 1.54) is 35.7 Å². The van der Waals surface area contributed by atoms with Crippen LogP contribution in [0.5, 0.6) is 0 Å². The van der Waals surface area contributed by atoms with Crippen molar-refractivity contribution in [3.05, 3.63) is 48.6 Å². The van der Waals surface area contributed by atoms with Gasteiger partial charge in [-0.15, -0.1) is 0 Å². The fourth-order valence-electron chi connectivity index (χ4n) is 1.77. The van der Waals surface area contributed by atoms with Gasteiger partial charge in [0.1, 0.15) is 24.0 Å². The molecule has 1 amide bonds. The maximum absolute atomic E-state index is 14.0. The first-order valence-corrected chi connectivity index (χ1v) is 5.90. The van der Waals surface area contributed by atoms with Gasteiger partial charge in [0.15, 0.2) is 5.82 Å². The van der Waals surface area contributed by atoms with E-state index < -0.39 is 11.7 Å². The molecule has 4 N–H and O–H groups in total. The molecule has 2 aromatic heterocycles. The van der Waals surface area contributed by atoms with Crippen LogP contribution in [0.3, 0.4) is 0 Å². The van der Waals surface area contributed by atoms with E-state index in [0.29, 0.717) is 0 Å². The van der Waals surface area contributed by atoms with Gasteiger partial charge in [-0.05, 0) is 18.2 Å². The molecule has 0 radical (unpaired) electrons. The van der Waals surface area contributed by atoms with E-state index in [0.717, 1.165) is 0 Å². The molecule has 0 unspecified atom stereocenters. The van der Waals surface area contributed by atoms with Crippen molar-refractivity contribution in [1.29, 1.82) is 0 Å². The van der Waals surface area contributed by atoms with Gasteiger partial charge in [0.25, 0.3) is 5.91 Å². The first-order chi connectivity index (χ1) is 10.1. The number of nitrogens with two attached hydrogens (primary N) is 1. The van der Waals surface area contributed by atoms with E-state index in [4.69, 9.17) is 5.73 Å². The normalized spacial score (nSPS) is 10.5. The Morgan fingerprint density at radius 3 is 2.90 bits per heavy atom. The third-order valence-corrected chi connectivity index (χ3v) is 2.77. The van der Waals surface area contributed by atoms with Gasteiger partial charge < -0.3 is 11.1 Å². The number of halogens is 1. The van der Waals surface area contributed by atoms with Crippen LogP contribution in [0.15, 0.2) is 37.1 Å². The van der Waals surface area contributed by atoms with Crippen LogP contribution in [0.1, 0.15) is 10.5 Å². The molecule has 3 rings (SSSR count). The van der Waals surface area contributed by atoms with E-state index >= 15 is 0 Å². The summed E-state index contributed by atoms with van der Waals surface area (Å²) in [4.78, 5) is 15.7.